The Bertz CT molecular complexity index is 961. The van der Waals surface area contributed by atoms with Gasteiger partial charge in [0.25, 0.3) is 5.91 Å². The maximum absolute atomic E-state index is 12.6. The van der Waals surface area contributed by atoms with Gasteiger partial charge in [0, 0.05) is 17.0 Å². The number of aryl methyl sites for hydroxylation is 1. The minimum atomic E-state index is -0.262. The van der Waals surface area contributed by atoms with Gasteiger partial charge in [-0.3, -0.25) is 9.59 Å². The number of rotatable bonds is 6. The molecule has 134 valence electrons. The normalized spacial score (nSPS) is 10.7. The molecular formula is C19H17ClN2O3S. The van der Waals surface area contributed by atoms with E-state index in [-0.39, 0.29) is 11.7 Å². The summed E-state index contributed by atoms with van der Waals surface area (Å²) in [6.07, 6.45) is 0.648. The molecular weight excluding hydrogens is 372 g/mol. The van der Waals surface area contributed by atoms with Crippen molar-refractivity contribution in [2.75, 3.05) is 6.54 Å². The molecule has 3 rings (SSSR count). The molecule has 0 fully saturated rings. The number of carbonyl (C=O) groups is 2. The first kappa shape index (κ1) is 18.4. The first-order valence-electron chi connectivity index (χ1n) is 8.06. The number of hydrogen-bond acceptors (Lipinski definition) is 5. The maximum Gasteiger partial charge on any atom is 0.257 e. The lowest BCUT2D eigenvalue weighted by Crippen LogP contribution is -2.26. The van der Waals surface area contributed by atoms with Crippen molar-refractivity contribution in [2.24, 2.45) is 0 Å². The van der Waals surface area contributed by atoms with Gasteiger partial charge in [0.15, 0.2) is 5.78 Å². The average molecular weight is 389 g/mol. The van der Waals surface area contributed by atoms with Gasteiger partial charge in [-0.1, -0.05) is 35.0 Å². The number of nitrogens with one attached hydrogen (secondary N) is 1. The molecule has 0 bridgehead atoms. The van der Waals surface area contributed by atoms with Crippen LogP contribution in [0.2, 0.25) is 5.02 Å². The van der Waals surface area contributed by atoms with Crippen LogP contribution in [0.1, 0.15) is 37.6 Å². The second-order valence-electron chi connectivity index (χ2n) is 5.77. The van der Waals surface area contributed by atoms with E-state index >= 15 is 0 Å². The molecule has 5 nitrogen and oxygen atoms in total. The molecule has 1 N–H and O–H groups in total. The molecule has 0 radical (unpaired) electrons. The van der Waals surface area contributed by atoms with Crippen LogP contribution in [-0.2, 0) is 6.42 Å². The van der Waals surface area contributed by atoms with Crippen LogP contribution in [0.5, 0.6) is 0 Å². The number of benzene rings is 1. The molecule has 0 atom stereocenters. The standard InChI is InChI=1S/C19H17ClN2O3S/c1-11(23)16-8-7-13(26-16)9-10-21-19(24)17-12(2)25-22-18(17)14-5-3-4-6-15(14)20/h3-8H,9-10H2,1-2H3,(H,21,24). The van der Waals surface area contributed by atoms with E-state index < -0.39 is 0 Å². The van der Waals surface area contributed by atoms with Gasteiger partial charge in [0.05, 0.1) is 9.90 Å². The molecule has 26 heavy (non-hydrogen) atoms. The van der Waals surface area contributed by atoms with E-state index in [9.17, 15) is 9.59 Å². The van der Waals surface area contributed by atoms with Crippen molar-refractivity contribution in [3.63, 3.8) is 0 Å². The van der Waals surface area contributed by atoms with Crippen molar-refractivity contribution in [2.45, 2.75) is 20.3 Å². The van der Waals surface area contributed by atoms with E-state index in [0.29, 0.717) is 40.6 Å². The van der Waals surface area contributed by atoms with Crippen LogP contribution in [0.15, 0.2) is 40.9 Å². The lowest BCUT2D eigenvalue weighted by atomic mass is 10.1. The van der Waals surface area contributed by atoms with Gasteiger partial charge in [0.2, 0.25) is 0 Å². The van der Waals surface area contributed by atoms with Gasteiger partial charge in [-0.2, -0.15) is 0 Å². The fraction of sp³-hybridized carbons (Fsp3) is 0.211. The Morgan fingerprint density at radius 2 is 2.00 bits per heavy atom. The second-order valence-corrected chi connectivity index (χ2v) is 7.35. The molecule has 2 aromatic heterocycles. The van der Waals surface area contributed by atoms with Crippen molar-refractivity contribution in [3.8, 4) is 11.3 Å². The van der Waals surface area contributed by atoms with Crippen LogP contribution in [0.25, 0.3) is 11.3 Å². The molecule has 3 aromatic rings. The van der Waals surface area contributed by atoms with Crippen LogP contribution >= 0.6 is 22.9 Å². The fourth-order valence-electron chi connectivity index (χ4n) is 2.57. The molecule has 7 heteroatoms. The number of amides is 1. The van der Waals surface area contributed by atoms with Crippen molar-refractivity contribution in [3.05, 3.63) is 62.5 Å². The Labute approximate surface area is 160 Å². The molecule has 0 aliphatic carbocycles. The Morgan fingerprint density at radius 1 is 1.23 bits per heavy atom. The predicted octanol–water partition coefficient (Wildman–Crippen LogP) is 4.54. The number of thiophene rings is 1. The summed E-state index contributed by atoms with van der Waals surface area (Å²) in [6, 6.07) is 10.9. The third-order valence-electron chi connectivity index (χ3n) is 3.88. The third-order valence-corrected chi connectivity index (χ3v) is 5.46. The third kappa shape index (κ3) is 3.86. The molecule has 1 amide bonds. The highest BCUT2D eigenvalue weighted by Crippen LogP contribution is 2.30. The predicted molar refractivity (Wildman–Crippen MR) is 102 cm³/mol. The molecule has 0 saturated heterocycles. The van der Waals surface area contributed by atoms with E-state index in [1.807, 2.05) is 24.3 Å². The lowest BCUT2D eigenvalue weighted by Gasteiger charge is -2.06. The van der Waals surface area contributed by atoms with Crippen molar-refractivity contribution in [1.82, 2.24) is 10.5 Å². The Balaban J connectivity index is 1.71. The summed E-state index contributed by atoms with van der Waals surface area (Å²) in [6.45, 7) is 3.69. The topological polar surface area (TPSA) is 72.2 Å². The zero-order valence-electron chi connectivity index (χ0n) is 14.3. The highest BCUT2D eigenvalue weighted by atomic mass is 35.5. The molecule has 0 saturated carbocycles. The first-order valence-corrected chi connectivity index (χ1v) is 9.26. The van der Waals surface area contributed by atoms with Gasteiger partial charge >= 0.3 is 0 Å². The number of Topliss-reactive ketones (excluding diaryl/α,β-unsaturated/α-hetero) is 1. The van der Waals surface area contributed by atoms with Crippen LogP contribution in [0, 0.1) is 6.92 Å². The molecule has 1 aromatic carbocycles. The average Bonchev–Trinajstić information content (AvgIpc) is 3.22. The van der Waals surface area contributed by atoms with Crippen LogP contribution in [0.4, 0.5) is 0 Å². The number of ketones is 1. The SMILES string of the molecule is CC(=O)c1ccc(CCNC(=O)c2c(-c3ccccc3Cl)noc2C)s1. The molecule has 0 aliphatic heterocycles. The van der Waals surface area contributed by atoms with Crippen LogP contribution in [0.3, 0.4) is 0 Å². The fourth-order valence-corrected chi connectivity index (χ4v) is 3.69. The largest absolute Gasteiger partial charge is 0.360 e. The summed E-state index contributed by atoms with van der Waals surface area (Å²) in [4.78, 5) is 25.7. The summed E-state index contributed by atoms with van der Waals surface area (Å²) in [5.74, 6) is 0.226. The van der Waals surface area contributed by atoms with Crippen LogP contribution < -0.4 is 5.32 Å². The number of hydrogen-bond donors (Lipinski definition) is 1. The number of aromatic nitrogens is 1. The van der Waals surface area contributed by atoms with Gasteiger partial charge in [-0.25, -0.2) is 0 Å². The zero-order chi connectivity index (χ0) is 18.7. The Kier molecular flexibility index (Phi) is 5.54. The van der Waals surface area contributed by atoms with E-state index in [1.165, 1.54) is 11.3 Å². The van der Waals surface area contributed by atoms with E-state index in [1.54, 1.807) is 26.0 Å². The van der Waals surface area contributed by atoms with Gasteiger partial charge in [-0.05, 0) is 38.5 Å². The van der Waals surface area contributed by atoms with Crippen molar-refractivity contribution >= 4 is 34.6 Å². The van der Waals surface area contributed by atoms with Crippen LogP contribution in [-0.4, -0.2) is 23.4 Å². The highest BCUT2D eigenvalue weighted by molar-refractivity contribution is 7.14. The number of halogens is 1. The maximum atomic E-state index is 12.6. The number of carbonyl (C=O) groups excluding carboxylic acids is 2. The molecule has 0 unspecified atom stereocenters. The van der Waals surface area contributed by atoms with E-state index in [0.717, 1.165) is 9.75 Å². The summed E-state index contributed by atoms with van der Waals surface area (Å²) in [5.41, 5.74) is 1.47. The first-order chi connectivity index (χ1) is 12.5. The summed E-state index contributed by atoms with van der Waals surface area (Å²) in [5, 5.41) is 7.39. The Morgan fingerprint density at radius 3 is 2.69 bits per heavy atom. The van der Waals surface area contributed by atoms with Gasteiger partial charge in [-0.15, -0.1) is 11.3 Å². The van der Waals surface area contributed by atoms with Crippen molar-refractivity contribution < 1.29 is 14.1 Å². The Hall–Kier alpha value is -2.44. The summed E-state index contributed by atoms with van der Waals surface area (Å²) < 4.78 is 5.22. The zero-order valence-corrected chi connectivity index (χ0v) is 15.9. The van der Waals surface area contributed by atoms with E-state index in [2.05, 4.69) is 10.5 Å². The molecule has 0 aliphatic rings. The smallest absolute Gasteiger partial charge is 0.257 e. The van der Waals surface area contributed by atoms with E-state index in [4.69, 9.17) is 16.1 Å². The van der Waals surface area contributed by atoms with Gasteiger partial charge in [0.1, 0.15) is 17.0 Å². The van der Waals surface area contributed by atoms with Crippen molar-refractivity contribution in [1.29, 1.82) is 0 Å². The minimum absolute atomic E-state index is 0.0507. The molecule has 0 spiro atoms. The molecule has 2 heterocycles. The minimum Gasteiger partial charge on any atom is -0.360 e. The number of nitrogens with zero attached hydrogens (tertiary/aromatic N) is 1. The quantitative estimate of drug-likeness (QED) is 0.629. The van der Waals surface area contributed by atoms with Gasteiger partial charge < -0.3 is 9.84 Å². The summed E-state index contributed by atoms with van der Waals surface area (Å²) in [7, 11) is 0. The highest BCUT2D eigenvalue weighted by Gasteiger charge is 2.22. The summed E-state index contributed by atoms with van der Waals surface area (Å²) >= 11 is 7.66. The lowest BCUT2D eigenvalue weighted by molar-refractivity contribution is 0.0952. The monoisotopic (exact) mass is 388 g/mol. The second kappa shape index (κ2) is 7.85.